The van der Waals surface area contributed by atoms with Gasteiger partial charge in [0.2, 0.25) is 5.89 Å². The largest absolute Gasteiger partial charge is 0.444 e. The number of hydrogen-bond donors (Lipinski definition) is 1. The Morgan fingerprint density at radius 1 is 1.58 bits per heavy atom. The summed E-state index contributed by atoms with van der Waals surface area (Å²) in [6, 6.07) is -0.402. The molecule has 106 valence electrons. The second-order valence-corrected chi connectivity index (χ2v) is 5.85. The van der Waals surface area contributed by atoms with Crippen LogP contribution >= 0.6 is 11.8 Å². The number of carbonyl (C=O) groups excluding carboxylic acids is 1. The van der Waals surface area contributed by atoms with Gasteiger partial charge in [-0.2, -0.15) is 0 Å². The monoisotopic (exact) mass is 285 g/mol. The van der Waals surface area contributed by atoms with E-state index in [0.717, 1.165) is 0 Å². The Hall–Kier alpha value is -1.50. The molecule has 1 N–H and O–H groups in total. The first kappa shape index (κ1) is 15.6. The molecule has 0 aliphatic heterocycles. The Labute approximate surface area is 117 Å². The van der Waals surface area contributed by atoms with Crippen LogP contribution in [0.25, 0.3) is 0 Å². The summed E-state index contributed by atoms with van der Waals surface area (Å²) in [4.78, 5) is 11.6. The second kappa shape index (κ2) is 6.60. The molecule has 0 saturated heterocycles. The summed E-state index contributed by atoms with van der Waals surface area (Å²) in [7, 11) is 0. The van der Waals surface area contributed by atoms with Gasteiger partial charge in [-0.15, -0.1) is 16.8 Å². The topological polar surface area (TPSA) is 77.2 Å². The molecule has 1 amide bonds. The number of thioether (sulfide) groups is 1. The van der Waals surface area contributed by atoms with E-state index >= 15 is 0 Å². The molecule has 6 nitrogen and oxygen atoms in total. The minimum atomic E-state index is -0.538. The van der Waals surface area contributed by atoms with E-state index in [-0.39, 0.29) is 0 Å². The van der Waals surface area contributed by atoms with E-state index in [9.17, 15) is 4.79 Å². The van der Waals surface area contributed by atoms with Crippen LogP contribution in [0.3, 0.4) is 0 Å². The highest BCUT2D eigenvalue weighted by atomic mass is 32.2. The second-order valence-electron chi connectivity index (χ2n) is 4.87. The summed E-state index contributed by atoms with van der Waals surface area (Å²) >= 11 is 1.39. The molecule has 1 aromatic heterocycles. The molecule has 0 spiro atoms. The van der Waals surface area contributed by atoms with Gasteiger partial charge in [0.15, 0.2) is 0 Å². The van der Waals surface area contributed by atoms with Crippen molar-refractivity contribution in [2.24, 2.45) is 0 Å². The van der Waals surface area contributed by atoms with Crippen molar-refractivity contribution in [1.29, 1.82) is 0 Å². The molecular weight excluding hydrogens is 266 g/mol. The normalized spacial score (nSPS) is 12.8. The molecule has 1 atom stereocenters. The van der Waals surface area contributed by atoms with Gasteiger partial charge in [-0.1, -0.05) is 17.8 Å². The predicted molar refractivity (Wildman–Crippen MR) is 73.0 cm³/mol. The van der Waals surface area contributed by atoms with Crippen LogP contribution in [0.1, 0.15) is 39.6 Å². The molecule has 7 heteroatoms. The minimum Gasteiger partial charge on any atom is -0.444 e. The van der Waals surface area contributed by atoms with Crippen LogP contribution in [-0.2, 0) is 4.74 Å². The third kappa shape index (κ3) is 5.78. The van der Waals surface area contributed by atoms with Crippen molar-refractivity contribution in [3.05, 3.63) is 18.5 Å². The SMILES string of the molecule is C=CCSc1nnc([C@H](C)NC(=O)OC(C)(C)C)o1. The van der Waals surface area contributed by atoms with Crippen molar-refractivity contribution >= 4 is 17.9 Å². The first-order valence-electron chi connectivity index (χ1n) is 5.88. The quantitative estimate of drug-likeness (QED) is 0.662. The van der Waals surface area contributed by atoms with Crippen molar-refractivity contribution in [2.75, 3.05) is 5.75 Å². The van der Waals surface area contributed by atoms with Gasteiger partial charge < -0.3 is 14.5 Å². The maximum absolute atomic E-state index is 11.6. The fourth-order valence-electron chi connectivity index (χ4n) is 1.13. The lowest BCUT2D eigenvalue weighted by Crippen LogP contribution is -2.34. The number of hydrogen-bond acceptors (Lipinski definition) is 6. The van der Waals surface area contributed by atoms with E-state index in [4.69, 9.17) is 9.15 Å². The molecule has 19 heavy (non-hydrogen) atoms. The lowest BCUT2D eigenvalue weighted by atomic mass is 10.2. The van der Waals surface area contributed by atoms with Gasteiger partial charge >= 0.3 is 6.09 Å². The van der Waals surface area contributed by atoms with Crippen molar-refractivity contribution in [3.63, 3.8) is 0 Å². The Balaban J connectivity index is 2.53. The molecule has 1 rings (SSSR count). The number of carbonyl (C=O) groups is 1. The number of rotatable bonds is 5. The zero-order valence-electron chi connectivity index (χ0n) is 11.6. The molecule has 1 heterocycles. The average Bonchev–Trinajstić information content (AvgIpc) is 2.72. The maximum Gasteiger partial charge on any atom is 0.408 e. The first-order chi connectivity index (χ1) is 8.81. The summed E-state index contributed by atoms with van der Waals surface area (Å²) < 4.78 is 10.5. The van der Waals surface area contributed by atoms with Crippen molar-refractivity contribution in [3.8, 4) is 0 Å². The van der Waals surface area contributed by atoms with E-state index in [1.165, 1.54) is 11.8 Å². The average molecular weight is 285 g/mol. The van der Waals surface area contributed by atoms with Gasteiger partial charge in [0.1, 0.15) is 11.6 Å². The van der Waals surface area contributed by atoms with Crippen LogP contribution in [0.15, 0.2) is 22.3 Å². The summed E-state index contributed by atoms with van der Waals surface area (Å²) in [5, 5.41) is 10.8. The molecule has 0 aromatic carbocycles. The van der Waals surface area contributed by atoms with E-state index in [2.05, 4.69) is 22.1 Å². The minimum absolute atomic E-state index is 0.345. The number of nitrogens with zero attached hydrogens (tertiary/aromatic N) is 2. The number of amides is 1. The van der Waals surface area contributed by atoms with Crippen LogP contribution in [-0.4, -0.2) is 27.6 Å². The number of nitrogens with one attached hydrogen (secondary N) is 1. The van der Waals surface area contributed by atoms with E-state index < -0.39 is 17.7 Å². The fraction of sp³-hybridized carbons (Fsp3) is 0.583. The van der Waals surface area contributed by atoms with Crippen LogP contribution in [0.5, 0.6) is 0 Å². The van der Waals surface area contributed by atoms with Crippen molar-refractivity contribution in [1.82, 2.24) is 15.5 Å². The summed E-state index contributed by atoms with van der Waals surface area (Å²) in [6.07, 6.45) is 1.23. The highest BCUT2D eigenvalue weighted by Gasteiger charge is 2.21. The van der Waals surface area contributed by atoms with E-state index in [1.54, 1.807) is 33.8 Å². The van der Waals surface area contributed by atoms with Gasteiger partial charge in [-0.25, -0.2) is 4.79 Å². The van der Waals surface area contributed by atoms with Crippen LogP contribution in [0.2, 0.25) is 0 Å². The third-order valence-corrected chi connectivity index (χ3v) is 2.66. The third-order valence-electron chi connectivity index (χ3n) is 1.85. The standard InChI is InChI=1S/C12H19N3O3S/c1-6-7-19-11-15-14-9(17-11)8(2)13-10(16)18-12(3,4)5/h6,8H,1,7H2,2-5H3,(H,13,16)/t8-/m0/s1. The van der Waals surface area contributed by atoms with E-state index in [1.807, 2.05) is 0 Å². The molecule has 0 aliphatic carbocycles. The van der Waals surface area contributed by atoms with Crippen LogP contribution in [0, 0.1) is 0 Å². The number of aromatic nitrogens is 2. The Morgan fingerprint density at radius 2 is 2.26 bits per heavy atom. The number of alkyl carbamates (subject to hydrolysis) is 1. The lowest BCUT2D eigenvalue weighted by molar-refractivity contribution is 0.0500. The molecule has 0 bridgehead atoms. The van der Waals surface area contributed by atoms with Gasteiger partial charge in [0.05, 0.1) is 0 Å². The highest BCUT2D eigenvalue weighted by Crippen LogP contribution is 2.19. The molecular formula is C12H19N3O3S. The smallest absolute Gasteiger partial charge is 0.408 e. The molecule has 0 fully saturated rings. The molecule has 0 unspecified atom stereocenters. The zero-order valence-corrected chi connectivity index (χ0v) is 12.4. The van der Waals surface area contributed by atoms with E-state index in [0.29, 0.717) is 16.9 Å². The van der Waals surface area contributed by atoms with Gasteiger partial charge in [-0.3, -0.25) is 0 Å². The van der Waals surface area contributed by atoms with Crippen molar-refractivity contribution in [2.45, 2.75) is 44.6 Å². The maximum atomic E-state index is 11.6. The molecule has 0 saturated carbocycles. The lowest BCUT2D eigenvalue weighted by Gasteiger charge is -2.20. The summed E-state index contributed by atoms with van der Waals surface area (Å²) in [5.74, 6) is 1.03. The van der Waals surface area contributed by atoms with Crippen LogP contribution < -0.4 is 5.32 Å². The zero-order chi connectivity index (χ0) is 14.5. The predicted octanol–water partition coefficient (Wildman–Crippen LogP) is 2.93. The Kier molecular flexibility index (Phi) is 5.41. The Bertz CT molecular complexity index is 440. The fourth-order valence-corrected chi connectivity index (χ4v) is 1.63. The van der Waals surface area contributed by atoms with Gasteiger partial charge in [0, 0.05) is 5.75 Å². The van der Waals surface area contributed by atoms with Crippen LogP contribution in [0.4, 0.5) is 4.79 Å². The number of ether oxygens (including phenoxy) is 1. The van der Waals surface area contributed by atoms with Crippen molar-refractivity contribution < 1.29 is 13.9 Å². The van der Waals surface area contributed by atoms with Gasteiger partial charge in [-0.05, 0) is 27.7 Å². The van der Waals surface area contributed by atoms with Gasteiger partial charge in [0.25, 0.3) is 5.22 Å². The summed E-state index contributed by atoms with van der Waals surface area (Å²) in [5.41, 5.74) is -0.538. The summed E-state index contributed by atoms with van der Waals surface area (Å²) in [6.45, 7) is 10.8. The Morgan fingerprint density at radius 3 is 2.84 bits per heavy atom. The highest BCUT2D eigenvalue weighted by molar-refractivity contribution is 7.99. The molecule has 0 radical (unpaired) electrons. The first-order valence-corrected chi connectivity index (χ1v) is 6.87. The molecule has 1 aromatic rings. The molecule has 0 aliphatic rings.